The van der Waals surface area contributed by atoms with E-state index in [0.29, 0.717) is 6.10 Å². The molecule has 2 heterocycles. The van der Waals surface area contributed by atoms with E-state index in [4.69, 9.17) is 4.74 Å². The lowest BCUT2D eigenvalue weighted by atomic mass is 9.98. The van der Waals surface area contributed by atoms with Gasteiger partial charge in [0.05, 0.1) is 6.10 Å². The summed E-state index contributed by atoms with van der Waals surface area (Å²) in [6, 6.07) is 0. The molecule has 0 bridgehead atoms. The van der Waals surface area contributed by atoms with E-state index in [1.54, 1.807) is 0 Å². The molecule has 0 aromatic heterocycles. The lowest BCUT2D eigenvalue weighted by Gasteiger charge is -2.28. The van der Waals surface area contributed by atoms with Gasteiger partial charge in [-0.1, -0.05) is 6.92 Å². The number of ether oxygens (including phenoxy) is 1. The number of rotatable bonds is 5. The molecule has 2 unspecified atom stereocenters. The van der Waals surface area contributed by atoms with Crippen molar-refractivity contribution in [3.63, 3.8) is 0 Å². The fourth-order valence-electron chi connectivity index (χ4n) is 2.34. The van der Waals surface area contributed by atoms with Crippen molar-refractivity contribution in [3.05, 3.63) is 0 Å². The molecule has 0 spiro atoms. The second-order valence-electron chi connectivity index (χ2n) is 4.55. The van der Waals surface area contributed by atoms with Crippen molar-refractivity contribution >= 4 is 0 Å². The van der Waals surface area contributed by atoms with Crippen molar-refractivity contribution in [2.75, 3.05) is 32.8 Å². The normalized spacial score (nSPS) is 33.2. The quantitative estimate of drug-likeness (QED) is 0.679. The second-order valence-corrected chi connectivity index (χ2v) is 4.55. The summed E-state index contributed by atoms with van der Waals surface area (Å²) < 4.78 is 5.66. The molecule has 2 N–H and O–H groups in total. The molecule has 0 aliphatic carbocycles. The predicted octanol–water partition coefficient (Wildman–Crippen LogP) is 0.611. The lowest BCUT2D eigenvalue weighted by Crippen LogP contribution is -2.48. The van der Waals surface area contributed by atoms with Gasteiger partial charge in [-0.25, -0.2) is 0 Å². The summed E-state index contributed by atoms with van der Waals surface area (Å²) in [4.78, 5) is 0. The maximum atomic E-state index is 5.66. The van der Waals surface area contributed by atoms with Crippen molar-refractivity contribution in [2.45, 2.75) is 25.9 Å². The molecule has 0 radical (unpaired) electrons. The van der Waals surface area contributed by atoms with Gasteiger partial charge in [-0.2, -0.15) is 0 Å². The van der Waals surface area contributed by atoms with Crippen LogP contribution in [0.2, 0.25) is 0 Å². The summed E-state index contributed by atoms with van der Waals surface area (Å²) in [5.74, 6) is 1.63. The third-order valence-corrected chi connectivity index (χ3v) is 3.45. The number of hydrogen-bond acceptors (Lipinski definition) is 3. The largest absolute Gasteiger partial charge is 0.378 e. The Morgan fingerprint density at radius 1 is 1.36 bits per heavy atom. The third-order valence-electron chi connectivity index (χ3n) is 3.45. The summed E-state index contributed by atoms with van der Waals surface area (Å²) in [7, 11) is 0. The molecule has 0 amide bonds. The van der Waals surface area contributed by atoms with E-state index in [9.17, 15) is 0 Å². The molecule has 2 saturated heterocycles. The highest BCUT2D eigenvalue weighted by Crippen LogP contribution is 2.22. The van der Waals surface area contributed by atoms with Gasteiger partial charge in [0, 0.05) is 32.8 Å². The van der Waals surface area contributed by atoms with Crippen LogP contribution in [0, 0.1) is 11.8 Å². The standard InChI is InChI=1S/C11H22N2O/c1-2-11-10(3-4-14-11)8-13-7-9-5-12-6-9/h9-13H,2-8H2,1H3. The molecule has 2 rings (SSSR count). The first-order chi connectivity index (χ1) is 6.90. The second kappa shape index (κ2) is 5.10. The number of nitrogens with one attached hydrogen (secondary N) is 2. The minimum atomic E-state index is 0.516. The summed E-state index contributed by atoms with van der Waals surface area (Å²) >= 11 is 0. The fraction of sp³-hybridized carbons (Fsp3) is 1.00. The minimum absolute atomic E-state index is 0.516. The number of hydrogen-bond donors (Lipinski definition) is 2. The van der Waals surface area contributed by atoms with Crippen molar-refractivity contribution < 1.29 is 4.74 Å². The van der Waals surface area contributed by atoms with Crippen molar-refractivity contribution in [3.8, 4) is 0 Å². The average Bonchev–Trinajstić information content (AvgIpc) is 2.56. The first kappa shape index (κ1) is 10.4. The van der Waals surface area contributed by atoms with Gasteiger partial charge in [-0.05, 0) is 24.7 Å². The summed E-state index contributed by atoms with van der Waals surface area (Å²) in [6.07, 6.45) is 2.92. The van der Waals surface area contributed by atoms with Crippen LogP contribution in [-0.2, 0) is 4.74 Å². The van der Waals surface area contributed by atoms with Gasteiger partial charge >= 0.3 is 0 Å². The molecule has 82 valence electrons. The molecule has 14 heavy (non-hydrogen) atoms. The fourth-order valence-corrected chi connectivity index (χ4v) is 2.34. The highest BCUT2D eigenvalue weighted by Gasteiger charge is 2.26. The van der Waals surface area contributed by atoms with Crippen LogP contribution in [0.1, 0.15) is 19.8 Å². The maximum absolute atomic E-state index is 5.66. The topological polar surface area (TPSA) is 33.3 Å². The van der Waals surface area contributed by atoms with E-state index in [1.807, 2.05) is 0 Å². The van der Waals surface area contributed by atoms with Crippen LogP contribution in [0.4, 0.5) is 0 Å². The van der Waals surface area contributed by atoms with E-state index in [2.05, 4.69) is 17.6 Å². The first-order valence-corrected chi connectivity index (χ1v) is 5.93. The highest BCUT2D eigenvalue weighted by molar-refractivity contribution is 4.80. The zero-order valence-corrected chi connectivity index (χ0v) is 9.09. The van der Waals surface area contributed by atoms with Crippen LogP contribution < -0.4 is 10.6 Å². The van der Waals surface area contributed by atoms with Crippen LogP contribution >= 0.6 is 0 Å². The Kier molecular flexibility index (Phi) is 3.79. The van der Waals surface area contributed by atoms with Gasteiger partial charge in [0.15, 0.2) is 0 Å². The van der Waals surface area contributed by atoms with Crippen LogP contribution in [0.5, 0.6) is 0 Å². The Bertz CT molecular complexity index is 171. The zero-order chi connectivity index (χ0) is 9.80. The van der Waals surface area contributed by atoms with Crippen molar-refractivity contribution in [1.82, 2.24) is 10.6 Å². The van der Waals surface area contributed by atoms with E-state index < -0.39 is 0 Å². The van der Waals surface area contributed by atoms with Crippen molar-refractivity contribution in [2.24, 2.45) is 11.8 Å². The molecule has 0 aromatic rings. The smallest absolute Gasteiger partial charge is 0.0613 e. The maximum Gasteiger partial charge on any atom is 0.0613 e. The van der Waals surface area contributed by atoms with Gasteiger partial charge < -0.3 is 15.4 Å². The van der Waals surface area contributed by atoms with Crippen molar-refractivity contribution in [1.29, 1.82) is 0 Å². The predicted molar refractivity (Wildman–Crippen MR) is 57.4 cm³/mol. The van der Waals surface area contributed by atoms with E-state index >= 15 is 0 Å². The molecule has 2 fully saturated rings. The molecule has 2 aliphatic heterocycles. The molecule has 2 aliphatic rings. The zero-order valence-electron chi connectivity index (χ0n) is 9.09. The molecular formula is C11H22N2O. The SMILES string of the molecule is CCC1OCCC1CNCC1CNC1. The van der Waals surface area contributed by atoms with Gasteiger partial charge in [-0.3, -0.25) is 0 Å². The van der Waals surface area contributed by atoms with Gasteiger partial charge in [-0.15, -0.1) is 0 Å². The Balaban J connectivity index is 1.59. The molecule has 3 nitrogen and oxygen atoms in total. The van der Waals surface area contributed by atoms with E-state index in [-0.39, 0.29) is 0 Å². The van der Waals surface area contributed by atoms with Crippen LogP contribution in [0.3, 0.4) is 0 Å². The van der Waals surface area contributed by atoms with Crippen LogP contribution in [0.25, 0.3) is 0 Å². The minimum Gasteiger partial charge on any atom is -0.378 e. The Morgan fingerprint density at radius 3 is 2.86 bits per heavy atom. The lowest BCUT2D eigenvalue weighted by molar-refractivity contribution is 0.0868. The molecular weight excluding hydrogens is 176 g/mol. The molecule has 0 saturated carbocycles. The van der Waals surface area contributed by atoms with Crippen LogP contribution in [0.15, 0.2) is 0 Å². The van der Waals surface area contributed by atoms with Gasteiger partial charge in [0.1, 0.15) is 0 Å². The van der Waals surface area contributed by atoms with Crippen LogP contribution in [-0.4, -0.2) is 38.9 Å². The van der Waals surface area contributed by atoms with Gasteiger partial charge in [0.2, 0.25) is 0 Å². The Hall–Kier alpha value is -0.120. The third kappa shape index (κ3) is 2.47. The van der Waals surface area contributed by atoms with E-state index in [1.165, 1.54) is 26.1 Å². The van der Waals surface area contributed by atoms with Gasteiger partial charge in [0.25, 0.3) is 0 Å². The first-order valence-electron chi connectivity index (χ1n) is 5.93. The summed E-state index contributed by atoms with van der Waals surface area (Å²) in [6.45, 7) is 7.92. The summed E-state index contributed by atoms with van der Waals surface area (Å²) in [5, 5.41) is 6.87. The average molecular weight is 198 g/mol. The van der Waals surface area contributed by atoms with E-state index in [0.717, 1.165) is 31.4 Å². The Morgan fingerprint density at radius 2 is 2.21 bits per heavy atom. The highest BCUT2D eigenvalue weighted by atomic mass is 16.5. The molecule has 3 heteroatoms. The monoisotopic (exact) mass is 198 g/mol. The Labute approximate surface area is 86.6 Å². The summed E-state index contributed by atoms with van der Waals surface area (Å²) in [5.41, 5.74) is 0. The molecule has 2 atom stereocenters. The molecule has 0 aromatic carbocycles.